The minimum atomic E-state index is -0.307. The quantitative estimate of drug-likeness (QED) is 0.711. The topological polar surface area (TPSA) is 41.4 Å². The molecule has 0 saturated carbocycles. The Labute approximate surface area is 150 Å². The van der Waals surface area contributed by atoms with E-state index in [9.17, 15) is 9.18 Å². The molecule has 5 nitrogen and oxygen atoms in total. The molecular formula is C20H19FN4O. The molecule has 2 fully saturated rings. The number of nitrogens with zero attached hydrogens (tertiary/aromatic N) is 4. The Morgan fingerprint density at radius 1 is 1.04 bits per heavy atom. The van der Waals surface area contributed by atoms with Gasteiger partial charge in [0.2, 0.25) is 0 Å². The fraction of sp³-hybridized carbons (Fsp3) is 0.300. The van der Waals surface area contributed by atoms with Crippen LogP contribution in [0.25, 0.3) is 22.3 Å². The zero-order valence-electron chi connectivity index (χ0n) is 14.7. The Hall–Kier alpha value is -2.73. The number of hydrogen-bond donors (Lipinski definition) is 0. The number of halogens is 1. The molecule has 3 heterocycles. The molecule has 132 valence electrons. The van der Waals surface area contributed by atoms with Crippen LogP contribution in [-0.4, -0.2) is 46.7 Å². The van der Waals surface area contributed by atoms with Crippen molar-refractivity contribution in [3.63, 3.8) is 0 Å². The highest BCUT2D eigenvalue weighted by Gasteiger charge is 2.49. The van der Waals surface area contributed by atoms with Crippen LogP contribution in [0.3, 0.4) is 0 Å². The lowest BCUT2D eigenvalue weighted by molar-refractivity contribution is 0.0369. The molecule has 1 unspecified atom stereocenters. The van der Waals surface area contributed by atoms with Gasteiger partial charge in [-0.3, -0.25) is 14.3 Å². The van der Waals surface area contributed by atoms with E-state index in [-0.39, 0.29) is 11.4 Å². The Kier molecular flexibility index (Phi) is 3.21. The molecule has 0 spiro atoms. The van der Waals surface area contributed by atoms with Gasteiger partial charge in [0.1, 0.15) is 11.6 Å². The predicted molar refractivity (Wildman–Crippen MR) is 99.9 cm³/mol. The lowest BCUT2D eigenvalue weighted by Gasteiger charge is -2.62. The van der Waals surface area contributed by atoms with Crippen molar-refractivity contribution in [1.29, 1.82) is 0 Å². The summed E-state index contributed by atoms with van der Waals surface area (Å²) in [6.07, 6.45) is 0. The maximum absolute atomic E-state index is 13.2. The Bertz CT molecular complexity index is 1080. The summed E-state index contributed by atoms with van der Waals surface area (Å²) in [6.45, 7) is 2.08. The number of piperazine rings is 1. The summed E-state index contributed by atoms with van der Waals surface area (Å²) in [7, 11) is 3.86. The lowest BCUT2D eigenvalue weighted by atomic mass is 9.85. The van der Waals surface area contributed by atoms with E-state index in [4.69, 9.17) is 0 Å². The highest BCUT2D eigenvalue weighted by molar-refractivity contribution is 5.84. The highest BCUT2D eigenvalue weighted by atomic mass is 19.1. The highest BCUT2D eigenvalue weighted by Crippen LogP contribution is 2.36. The molecule has 2 atom stereocenters. The molecule has 0 N–H and O–H groups in total. The first-order chi connectivity index (χ1) is 12.5. The minimum Gasteiger partial charge on any atom is -0.364 e. The molecule has 26 heavy (non-hydrogen) atoms. The lowest BCUT2D eigenvalue weighted by Crippen LogP contribution is -2.78. The summed E-state index contributed by atoms with van der Waals surface area (Å²) >= 11 is 0. The normalized spacial score (nSPS) is 22.0. The van der Waals surface area contributed by atoms with E-state index in [1.165, 1.54) is 16.7 Å². The second-order valence-electron chi connectivity index (χ2n) is 7.23. The molecule has 2 aliphatic heterocycles. The molecule has 3 aromatic rings. The molecule has 0 radical (unpaired) electrons. The molecule has 1 aromatic heterocycles. The second-order valence-corrected chi connectivity index (χ2v) is 7.23. The van der Waals surface area contributed by atoms with Crippen LogP contribution in [0.4, 0.5) is 10.1 Å². The van der Waals surface area contributed by atoms with Crippen LogP contribution in [-0.2, 0) is 7.05 Å². The number of likely N-dealkylation sites (tertiary alicyclic amines) is 1. The summed E-state index contributed by atoms with van der Waals surface area (Å²) in [5.41, 5.74) is 2.39. The second kappa shape index (κ2) is 5.38. The SMILES string of the molecule is CN1C[C@@H]2C1CN2c1ccc2nc(-c3ccc(F)cc3)n(C)c(=O)c2c1. The number of fused-ring (bicyclic) bond motifs is 2. The van der Waals surface area contributed by atoms with Crippen LogP contribution in [0.2, 0.25) is 0 Å². The summed E-state index contributed by atoms with van der Waals surface area (Å²) in [5.74, 6) is 0.235. The first-order valence-electron chi connectivity index (χ1n) is 8.76. The van der Waals surface area contributed by atoms with Crippen molar-refractivity contribution in [3.05, 3.63) is 58.6 Å². The standard InChI is InChI=1S/C20H19FN4O/c1-23-10-18-17(23)11-25(18)14-7-8-16-15(9-14)20(26)24(2)19(22-16)12-3-5-13(21)6-4-12/h3-9,17-18H,10-11H2,1-2H3/t17?,18-/m1/s1. The smallest absolute Gasteiger partial charge is 0.261 e. The summed E-state index contributed by atoms with van der Waals surface area (Å²) in [4.78, 5) is 22.3. The molecule has 2 aliphatic rings. The van der Waals surface area contributed by atoms with Crippen LogP contribution >= 0.6 is 0 Å². The van der Waals surface area contributed by atoms with Gasteiger partial charge in [0.15, 0.2) is 0 Å². The van der Waals surface area contributed by atoms with Crippen LogP contribution in [0.1, 0.15) is 0 Å². The van der Waals surface area contributed by atoms with Gasteiger partial charge in [-0.05, 0) is 49.5 Å². The van der Waals surface area contributed by atoms with E-state index in [0.29, 0.717) is 28.8 Å². The van der Waals surface area contributed by atoms with Gasteiger partial charge in [-0.15, -0.1) is 0 Å². The molecule has 0 amide bonds. The Balaban J connectivity index is 1.58. The van der Waals surface area contributed by atoms with Crippen molar-refractivity contribution >= 4 is 16.6 Å². The monoisotopic (exact) mass is 350 g/mol. The molecule has 6 heteroatoms. The molecule has 2 saturated heterocycles. The number of hydrogen-bond acceptors (Lipinski definition) is 4. The molecule has 0 bridgehead atoms. The van der Waals surface area contributed by atoms with Crippen molar-refractivity contribution in [2.75, 3.05) is 25.0 Å². The van der Waals surface area contributed by atoms with Crippen LogP contribution in [0.15, 0.2) is 47.3 Å². The van der Waals surface area contributed by atoms with Gasteiger partial charge in [-0.2, -0.15) is 0 Å². The van der Waals surface area contributed by atoms with Gasteiger partial charge >= 0.3 is 0 Å². The fourth-order valence-corrected chi connectivity index (χ4v) is 4.07. The van der Waals surface area contributed by atoms with E-state index in [1.54, 1.807) is 19.2 Å². The van der Waals surface area contributed by atoms with Crippen molar-refractivity contribution in [3.8, 4) is 11.4 Å². The predicted octanol–water partition coefficient (Wildman–Crippen LogP) is 2.24. The maximum Gasteiger partial charge on any atom is 0.261 e. The van der Waals surface area contributed by atoms with Crippen molar-refractivity contribution in [2.45, 2.75) is 12.1 Å². The Morgan fingerprint density at radius 2 is 1.81 bits per heavy atom. The summed E-state index contributed by atoms with van der Waals surface area (Å²) < 4.78 is 14.7. The minimum absolute atomic E-state index is 0.0843. The number of rotatable bonds is 2. The van der Waals surface area contributed by atoms with Gasteiger partial charge in [0, 0.05) is 37.4 Å². The van der Waals surface area contributed by atoms with Crippen LogP contribution in [0, 0.1) is 5.82 Å². The third kappa shape index (κ3) is 2.12. The Morgan fingerprint density at radius 3 is 2.46 bits per heavy atom. The number of anilines is 1. The molecule has 2 aromatic carbocycles. The van der Waals surface area contributed by atoms with Gasteiger partial charge in [-0.25, -0.2) is 9.37 Å². The molecular weight excluding hydrogens is 331 g/mol. The fourth-order valence-electron chi connectivity index (χ4n) is 4.07. The van der Waals surface area contributed by atoms with E-state index >= 15 is 0 Å². The number of likely N-dealkylation sites (N-methyl/N-ethyl adjacent to an activating group) is 1. The third-order valence-electron chi connectivity index (χ3n) is 5.76. The summed E-state index contributed by atoms with van der Waals surface area (Å²) in [6, 6.07) is 13.2. The van der Waals surface area contributed by atoms with Crippen LogP contribution in [0.5, 0.6) is 0 Å². The van der Waals surface area contributed by atoms with Crippen molar-refractivity contribution in [1.82, 2.24) is 14.5 Å². The van der Waals surface area contributed by atoms with E-state index < -0.39 is 0 Å². The largest absolute Gasteiger partial charge is 0.364 e. The van der Waals surface area contributed by atoms with E-state index in [2.05, 4.69) is 21.8 Å². The summed E-state index contributed by atoms with van der Waals surface area (Å²) in [5, 5.41) is 0.618. The zero-order valence-corrected chi connectivity index (χ0v) is 14.7. The molecule has 5 rings (SSSR count). The van der Waals surface area contributed by atoms with Crippen LogP contribution < -0.4 is 10.5 Å². The maximum atomic E-state index is 13.2. The van der Waals surface area contributed by atoms with Gasteiger partial charge in [0.25, 0.3) is 5.56 Å². The van der Waals surface area contributed by atoms with E-state index in [1.807, 2.05) is 18.2 Å². The van der Waals surface area contributed by atoms with Crippen molar-refractivity contribution < 1.29 is 4.39 Å². The average Bonchev–Trinajstić information content (AvgIpc) is 2.63. The average molecular weight is 350 g/mol. The zero-order chi connectivity index (χ0) is 18.0. The van der Waals surface area contributed by atoms with Crippen molar-refractivity contribution in [2.24, 2.45) is 7.05 Å². The first kappa shape index (κ1) is 15.5. The van der Waals surface area contributed by atoms with Gasteiger partial charge < -0.3 is 4.90 Å². The number of aromatic nitrogens is 2. The van der Waals surface area contributed by atoms with E-state index in [0.717, 1.165) is 24.3 Å². The van der Waals surface area contributed by atoms with Gasteiger partial charge in [-0.1, -0.05) is 0 Å². The third-order valence-corrected chi connectivity index (χ3v) is 5.76. The first-order valence-corrected chi connectivity index (χ1v) is 8.76. The van der Waals surface area contributed by atoms with Gasteiger partial charge in [0.05, 0.1) is 16.9 Å². The molecule has 0 aliphatic carbocycles. The number of benzene rings is 2.